The zero-order valence-electron chi connectivity index (χ0n) is 31.1. The van der Waals surface area contributed by atoms with Gasteiger partial charge < -0.3 is 0 Å². The predicted molar refractivity (Wildman–Crippen MR) is 235 cm³/mol. The first-order valence-electron chi connectivity index (χ1n) is 20.1. The highest BCUT2D eigenvalue weighted by Gasteiger charge is 2.14. The first-order chi connectivity index (χ1) is 25.7. The highest BCUT2D eigenvalue weighted by molar-refractivity contribution is 7.22. The molecule has 2 aromatic heterocycles. The van der Waals surface area contributed by atoms with E-state index in [2.05, 4.69) is 123 Å². The second kappa shape index (κ2) is 16.4. The molecule has 0 fully saturated rings. The average Bonchev–Trinajstić information content (AvgIpc) is 3.83. The van der Waals surface area contributed by atoms with Gasteiger partial charge in [0.25, 0.3) is 0 Å². The van der Waals surface area contributed by atoms with Crippen LogP contribution in [0.2, 0.25) is 0 Å². The van der Waals surface area contributed by atoms with Gasteiger partial charge in [-0.3, -0.25) is 0 Å². The van der Waals surface area contributed by atoms with Crippen LogP contribution in [0, 0.1) is 0 Å². The third-order valence-electron chi connectivity index (χ3n) is 11.3. The van der Waals surface area contributed by atoms with E-state index in [1.54, 1.807) is 0 Å². The molecule has 8 aromatic rings. The van der Waals surface area contributed by atoms with Gasteiger partial charge in [0.15, 0.2) is 0 Å². The Hall–Kier alpha value is -3.98. The van der Waals surface area contributed by atoms with Crippen LogP contribution >= 0.6 is 22.7 Å². The van der Waals surface area contributed by atoms with Gasteiger partial charge in [0.1, 0.15) is 0 Å². The highest BCUT2D eigenvalue weighted by Crippen LogP contribution is 2.43. The summed E-state index contributed by atoms with van der Waals surface area (Å²) in [6, 6.07) is 42.5. The summed E-state index contributed by atoms with van der Waals surface area (Å²) in [4.78, 5) is 2.71. The molecule has 0 atom stereocenters. The minimum absolute atomic E-state index is 1.19. The van der Waals surface area contributed by atoms with Gasteiger partial charge in [0, 0.05) is 29.9 Å². The lowest BCUT2D eigenvalue weighted by atomic mass is 9.94. The summed E-state index contributed by atoms with van der Waals surface area (Å²) in [5.74, 6) is 0. The van der Waals surface area contributed by atoms with Gasteiger partial charge in [-0.1, -0.05) is 163 Å². The molecule has 0 unspecified atom stereocenters. The van der Waals surface area contributed by atoms with E-state index in [1.807, 2.05) is 22.7 Å². The lowest BCUT2D eigenvalue weighted by molar-refractivity contribution is 0.607. The number of hydrogen-bond acceptors (Lipinski definition) is 2. The van der Waals surface area contributed by atoms with Crippen LogP contribution in [-0.4, -0.2) is 0 Å². The van der Waals surface area contributed by atoms with Crippen molar-refractivity contribution in [2.45, 2.75) is 104 Å². The maximum atomic E-state index is 2.43. The molecule has 2 heteroatoms. The van der Waals surface area contributed by atoms with E-state index >= 15 is 0 Å². The monoisotopic (exact) mass is 716 g/mol. The van der Waals surface area contributed by atoms with E-state index in [0.29, 0.717) is 0 Å². The molecule has 8 rings (SSSR count). The molecule has 0 amide bonds. The van der Waals surface area contributed by atoms with Crippen LogP contribution in [0.4, 0.5) is 0 Å². The molecule has 0 radical (unpaired) electrons. The van der Waals surface area contributed by atoms with Gasteiger partial charge in [0.2, 0.25) is 0 Å². The summed E-state index contributed by atoms with van der Waals surface area (Å²) in [7, 11) is 0. The summed E-state index contributed by atoms with van der Waals surface area (Å²) in [6.45, 7) is 4.58. The van der Waals surface area contributed by atoms with Gasteiger partial charge in [-0.2, -0.15) is 0 Å². The number of thiophene rings is 2. The molecule has 0 N–H and O–H groups in total. The second-order valence-electron chi connectivity index (χ2n) is 15.0. The van der Waals surface area contributed by atoms with Gasteiger partial charge in [-0.15, -0.1) is 22.7 Å². The van der Waals surface area contributed by atoms with Gasteiger partial charge >= 0.3 is 0 Å². The Morgan fingerprint density at radius 2 is 0.654 bits per heavy atom. The molecule has 0 aliphatic heterocycles. The van der Waals surface area contributed by atoms with E-state index in [-0.39, 0.29) is 0 Å². The summed E-state index contributed by atoms with van der Waals surface area (Å²) in [5.41, 5.74) is 5.59. The minimum atomic E-state index is 1.19. The Kier molecular flexibility index (Phi) is 11.0. The zero-order chi connectivity index (χ0) is 35.3. The molecule has 0 saturated heterocycles. The molecule has 0 spiro atoms. The smallest absolute Gasteiger partial charge is 0.0355 e. The van der Waals surface area contributed by atoms with Crippen LogP contribution in [0.25, 0.3) is 73.4 Å². The third kappa shape index (κ3) is 7.43. The fourth-order valence-corrected chi connectivity index (χ4v) is 10.4. The van der Waals surface area contributed by atoms with Crippen molar-refractivity contribution in [3.8, 4) is 20.9 Å². The molecule has 52 heavy (non-hydrogen) atoms. The van der Waals surface area contributed by atoms with Crippen LogP contribution in [0.5, 0.6) is 0 Å². The summed E-state index contributed by atoms with van der Waals surface area (Å²) in [5, 5.41) is 10.8. The number of fused-ring (bicyclic) bond motifs is 9. The maximum absolute atomic E-state index is 2.43. The first-order valence-corrected chi connectivity index (χ1v) is 21.8. The Morgan fingerprint density at radius 1 is 0.327 bits per heavy atom. The maximum Gasteiger partial charge on any atom is 0.0355 e. The zero-order valence-corrected chi connectivity index (χ0v) is 32.7. The molecule has 0 nitrogen and oxygen atoms in total. The Balaban J connectivity index is 1.03. The molecular weight excluding hydrogens is 665 g/mol. The lowest BCUT2D eigenvalue weighted by Gasteiger charge is -2.09. The average molecular weight is 717 g/mol. The molecule has 2 heterocycles. The number of hydrogen-bond donors (Lipinski definition) is 0. The predicted octanol–water partition coefficient (Wildman–Crippen LogP) is 16.7. The van der Waals surface area contributed by atoms with E-state index in [4.69, 9.17) is 0 Å². The van der Waals surface area contributed by atoms with Crippen molar-refractivity contribution >= 4 is 75.2 Å². The van der Waals surface area contributed by atoms with Crippen LogP contribution in [-0.2, 0) is 12.8 Å². The summed E-state index contributed by atoms with van der Waals surface area (Å²) in [6.07, 6.45) is 18.6. The number of rotatable bonds is 16. The van der Waals surface area contributed by atoms with Crippen molar-refractivity contribution in [2.24, 2.45) is 0 Å². The van der Waals surface area contributed by atoms with Crippen molar-refractivity contribution < 1.29 is 0 Å². The normalized spacial score (nSPS) is 12.0. The molecule has 0 bridgehead atoms. The number of benzene rings is 6. The second-order valence-corrected chi connectivity index (χ2v) is 17.2. The number of unbranched alkanes of at least 4 members (excludes halogenated alkanes) is 10. The summed E-state index contributed by atoms with van der Waals surface area (Å²) >= 11 is 3.84. The van der Waals surface area contributed by atoms with Crippen LogP contribution < -0.4 is 0 Å². The van der Waals surface area contributed by atoms with E-state index < -0.39 is 0 Å². The standard InChI is InChI=1S/C50H52S2/c1-3-5-7-9-11-13-15-35-17-21-37(22-18-35)49-33-45-43-27-25-40-39(41(43)29-31-47(45)51-49)26-28-44-42(40)30-32-48-46(44)34-50(52-48)38-23-19-36(20-24-38)16-14-12-10-8-6-4-2/h17-34H,3-16H2,1-2H3. The van der Waals surface area contributed by atoms with Gasteiger partial charge in [0.05, 0.1) is 0 Å². The Morgan fingerprint density at radius 3 is 1.04 bits per heavy atom. The molecule has 0 aliphatic rings. The SMILES string of the molecule is CCCCCCCCc1ccc(-c2cc3c(ccc4c3ccc3c5ccc6sc(-c7ccc(CCCCCCCC)cc7)cc6c5ccc43)s2)cc1. The van der Waals surface area contributed by atoms with Gasteiger partial charge in [-0.05, 0) is 105 Å². The Bertz CT molecular complexity index is 2250. The fourth-order valence-electron chi connectivity index (χ4n) is 8.25. The van der Waals surface area contributed by atoms with Crippen molar-refractivity contribution in [1.82, 2.24) is 0 Å². The molecule has 0 saturated carbocycles. The van der Waals surface area contributed by atoms with Crippen molar-refractivity contribution in [2.75, 3.05) is 0 Å². The van der Waals surface area contributed by atoms with E-state index in [0.717, 1.165) is 0 Å². The topological polar surface area (TPSA) is 0 Å². The third-order valence-corrected chi connectivity index (χ3v) is 13.6. The molecule has 0 aliphatic carbocycles. The lowest BCUT2D eigenvalue weighted by Crippen LogP contribution is -1.86. The minimum Gasteiger partial charge on any atom is -0.135 e. The van der Waals surface area contributed by atoms with E-state index in [9.17, 15) is 0 Å². The number of aryl methyl sites for hydroxylation is 2. The van der Waals surface area contributed by atoms with Crippen LogP contribution in [0.1, 0.15) is 102 Å². The summed E-state index contributed by atoms with van der Waals surface area (Å²) < 4.78 is 2.73. The van der Waals surface area contributed by atoms with Crippen LogP contribution in [0.15, 0.2) is 109 Å². The highest BCUT2D eigenvalue weighted by atomic mass is 32.1. The molecule has 264 valence electrons. The quantitative estimate of drug-likeness (QED) is 0.0690. The molecular formula is C50H52S2. The van der Waals surface area contributed by atoms with Crippen LogP contribution in [0.3, 0.4) is 0 Å². The first kappa shape index (κ1) is 35.1. The van der Waals surface area contributed by atoms with E-state index in [1.165, 1.54) is 174 Å². The largest absolute Gasteiger partial charge is 0.135 e. The van der Waals surface area contributed by atoms with Crippen molar-refractivity contribution in [1.29, 1.82) is 0 Å². The fraction of sp³-hybridized carbons (Fsp3) is 0.320. The Labute approximate surface area is 318 Å². The molecule has 6 aromatic carbocycles. The van der Waals surface area contributed by atoms with Crippen molar-refractivity contribution in [3.63, 3.8) is 0 Å². The van der Waals surface area contributed by atoms with Gasteiger partial charge in [-0.25, -0.2) is 0 Å². The van der Waals surface area contributed by atoms with Crippen molar-refractivity contribution in [3.05, 3.63) is 120 Å².